The lowest BCUT2D eigenvalue weighted by Gasteiger charge is -2.45. The number of nitrogen functional groups attached to an aromatic ring is 1. The molecule has 2 saturated heterocycles. The van der Waals surface area contributed by atoms with E-state index in [1.165, 1.54) is 12.4 Å². The minimum absolute atomic E-state index is 0.0318. The molecule has 5 heterocycles. The topological polar surface area (TPSA) is 92.8 Å². The van der Waals surface area contributed by atoms with Gasteiger partial charge >= 0.3 is 0 Å². The molecule has 2 N–H and O–H groups in total. The predicted octanol–water partition coefficient (Wildman–Crippen LogP) is 2.51. The Bertz CT molecular complexity index is 1470. The van der Waals surface area contributed by atoms with E-state index in [0.29, 0.717) is 24.4 Å². The SMILES string of the molecule is C=CC(=O)N1CCC(N2CC(C#Cc3c(-c4ccc5c(c4)OCCN5C)c4c(N)ncnc4n3C)C2)CC1. The number of likely N-dealkylation sites (N-methyl/N-ethyl adjacent to an activating group) is 1. The highest BCUT2D eigenvalue weighted by Gasteiger charge is 2.34. The molecule has 0 saturated carbocycles. The summed E-state index contributed by atoms with van der Waals surface area (Å²) in [6.45, 7) is 8.62. The van der Waals surface area contributed by atoms with Crippen molar-refractivity contribution < 1.29 is 9.53 Å². The molecule has 0 atom stereocenters. The molecule has 3 aliphatic rings. The van der Waals surface area contributed by atoms with Crippen molar-refractivity contribution in [1.29, 1.82) is 0 Å². The van der Waals surface area contributed by atoms with Gasteiger partial charge in [-0.05, 0) is 42.5 Å². The number of aryl methyl sites for hydroxylation is 1. The standard InChI is InChI=1S/C29H33N7O2/c1-4-25(37)35-11-9-21(10-12-35)36-16-19(17-36)5-7-23-26(27-28(30)31-18-32-29(27)34(23)3)20-6-8-22-24(15-20)38-14-13-33(22)2/h4,6,8,15,18-19,21H,1,9-14,16-17H2,2-3H3,(H2,30,31,32). The number of hydrogen-bond donors (Lipinski definition) is 1. The minimum Gasteiger partial charge on any atom is -0.490 e. The number of fused-ring (bicyclic) bond motifs is 2. The van der Waals surface area contributed by atoms with Gasteiger partial charge in [-0.3, -0.25) is 9.69 Å². The number of benzene rings is 1. The van der Waals surface area contributed by atoms with Crippen molar-refractivity contribution in [2.24, 2.45) is 13.0 Å². The van der Waals surface area contributed by atoms with Crippen LogP contribution >= 0.6 is 0 Å². The molecule has 3 aliphatic heterocycles. The summed E-state index contributed by atoms with van der Waals surface area (Å²) in [5.74, 6) is 8.65. The van der Waals surface area contributed by atoms with E-state index in [4.69, 9.17) is 10.5 Å². The van der Waals surface area contributed by atoms with E-state index in [2.05, 4.69) is 63.4 Å². The molecule has 0 bridgehead atoms. The molecule has 1 amide bonds. The number of nitrogens with two attached hydrogens (primary N) is 1. The van der Waals surface area contributed by atoms with E-state index in [-0.39, 0.29) is 5.91 Å². The van der Waals surface area contributed by atoms with Gasteiger partial charge < -0.3 is 24.8 Å². The number of aromatic nitrogens is 3. The van der Waals surface area contributed by atoms with Crippen molar-refractivity contribution in [1.82, 2.24) is 24.3 Å². The van der Waals surface area contributed by atoms with Crippen molar-refractivity contribution >= 4 is 28.4 Å². The van der Waals surface area contributed by atoms with Crippen LogP contribution in [0.1, 0.15) is 18.5 Å². The lowest BCUT2D eigenvalue weighted by molar-refractivity contribution is -0.127. The third kappa shape index (κ3) is 4.15. The maximum Gasteiger partial charge on any atom is 0.245 e. The molecule has 9 nitrogen and oxygen atoms in total. The Kier molecular flexibility index (Phi) is 6.20. The van der Waals surface area contributed by atoms with Crippen LogP contribution in [-0.4, -0.2) is 82.7 Å². The maximum absolute atomic E-state index is 11.9. The fraction of sp³-hybridized carbons (Fsp3) is 0.414. The van der Waals surface area contributed by atoms with Crippen LogP contribution in [0.4, 0.5) is 11.5 Å². The summed E-state index contributed by atoms with van der Waals surface area (Å²) in [5, 5.41) is 0.819. The number of piperidine rings is 1. The minimum atomic E-state index is 0.0318. The largest absolute Gasteiger partial charge is 0.490 e. The van der Waals surface area contributed by atoms with Gasteiger partial charge in [-0.25, -0.2) is 9.97 Å². The van der Waals surface area contributed by atoms with Gasteiger partial charge in [-0.15, -0.1) is 0 Å². The molecular weight excluding hydrogens is 478 g/mol. The monoisotopic (exact) mass is 511 g/mol. The Morgan fingerprint density at radius 2 is 1.97 bits per heavy atom. The predicted molar refractivity (Wildman–Crippen MR) is 149 cm³/mol. The second-order valence-corrected chi connectivity index (χ2v) is 10.4. The van der Waals surface area contributed by atoms with E-state index in [1.54, 1.807) is 0 Å². The number of ether oxygens (including phenoxy) is 1. The van der Waals surface area contributed by atoms with Crippen LogP contribution < -0.4 is 15.4 Å². The molecule has 3 aromatic rings. The molecule has 38 heavy (non-hydrogen) atoms. The highest BCUT2D eigenvalue weighted by molar-refractivity contribution is 6.04. The second kappa shape index (κ2) is 9.69. The molecule has 2 fully saturated rings. The lowest BCUT2D eigenvalue weighted by atomic mass is 9.93. The molecule has 0 spiro atoms. The van der Waals surface area contributed by atoms with Gasteiger partial charge in [0.2, 0.25) is 5.91 Å². The number of anilines is 2. The molecule has 0 unspecified atom stereocenters. The normalized spacial score (nSPS) is 18.4. The number of nitrogens with zero attached hydrogens (tertiary/aromatic N) is 6. The number of likely N-dealkylation sites (tertiary alicyclic amines) is 2. The number of rotatable bonds is 3. The quantitative estimate of drug-likeness (QED) is 0.427. The first-order valence-electron chi connectivity index (χ1n) is 13.2. The summed E-state index contributed by atoms with van der Waals surface area (Å²) >= 11 is 0. The molecule has 9 heteroatoms. The average Bonchev–Trinajstić information content (AvgIpc) is 3.20. The van der Waals surface area contributed by atoms with Crippen LogP contribution in [0.3, 0.4) is 0 Å². The molecule has 196 valence electrons. The number of amides is 1. The summed E-state index contributed by atoms with van der Waals surface area (Å²) in [6, 6.07) is 6.79. The molecule has 6 rings (SSSR count). The second-order valence-electron chi connectivity index (χ2n) is 10.4. The van der Waals surface area contributed by atoms with Crippen LogP contribution in [0, 0.1) is 17.8 Å². The van der Waals surface area contributed by atoms with Crippen LogP contribution in [0.15, 0.2) is 37.2 Å². The molecule has 0 radical (unpaired) electrons. The Morgan fingerprint density at radius 1 is 1.18 bits per heavy atom. The Balaban J connectivity index is 1.26. The first-order chi connectivity index (χ1) is 18.4. The van der Waals surface area contributed by atoms with Crippen LogP contribution in [-0.2, 0) is 11.8 Å². The van der Waals surface area contributed by atoms with Crippen LogP contribution in [0.5, 0.6) is 5.75 Å². The first-order valence-corrected chi connectivity index (χ1v) is 13.2. The zero-order valence-electron chi connectivity index (χ0n) is 22.0. The summed E-state index contributed by atoms with van der Waals surface area (Å²) in [7, 11) is 4.06. The van der Waals surface area contributed by atoms with Crippen molar-refractivity contribution in [3.63, 3.8) is 0 Å². The molecule has 1 aromatic carbocycles. The van der Waals surface area contributed by atoms with E-state index < -0.39 is 0 Å². The van der Waals surface area contributed by atoms with E-state index in [1.807, 2.05) is 16.5 Å². The van der Waals surface area contributed by atoms with E-state index in [9.17, 15) is 4.79 Å². The third-order valence-electron chi connectivity index (χ3n) is 8.11. The lowest BCUT2D eigenvalue weighted by Crippen LogP contribution is -2.55. The molecular formula is C29H33N7O2. The van der Waals surface area contributed by atoms with Crippen molar-refractivity contribution in [3.8, 4) is 28.7 Å². The van der Waals surface area contributed by atoms with E-state index >= 15 is 0 Å². The van der Waals surface area contributed by atoms with Crippen molar-refractivity contribution in [2.45, 2.75) is 18.9 Å². The smallest absolute Gasteiger partial charge is 0.245 e. The Morgan fingerprint density at radius 3 is 2.74 bits per heavy atom. The van der Waals surface area contributed by atoms with Gasteiger partial charge in [0.15, 0.2) is 0 Å². The van der Waals surface area contributed by atoms with Gasteiger partial charge in [0.25, 0.3) is 0 Å². The van der Waals surface area contributed by atoms with Crippen molar-refractivity contribution in [2.75, 3.05) is 57.0 Å². The first kappa shape index (κ1) is 24.3. The fourth-order valence-electron chi connectivity index (χ4n) is 5.87. The van der Waals surface area contributed by atoms with Gasteiger partial charge in [0.05, 0.1) is 17.6 Å². The number of carbonyl (C=O) groups is 1. The van der Waals surface area contributed by atoms with Crippen molar-refractivity contribution in [3.05, 3.63) is 42.9 Å². The van der Waals surface area contributed by atoms with Gasteiger partial charge in [-0.2, -0.15) is 0 Å². The molecule has 0 aliphatic carbocycles. The summed E-state index contributed by atoms with van der Waals surface area (Å²) in [6.07, 6.45) is 4.91. The van der Waals surface area contributed by atoms with Gasteiger partial charge in [0, 0.05) is 57.8 Å². The Labute approximate surface area is 222 Å². The van der Waals surface area contributed by atoms with Gasteiger partial charge in [0.1, 0.15) is 35.8 Å². The fourth-order valence-corrected chi connectivity index (χ4v) is 5.87. The van der Waals surface area contributed by atoms with E-state index in [0.717, 1.165) is 84.9 Å². The third-order valence-corrected chi connectivity index (χ3v) is 8.11. The average molecular weight is 512 g/mol. The maximum atomic E-state index is 11.9. The summed E-state index contributed by atoms with van der Waals surface area (Å²) in [5.41, 5.74) is 11.0. The van der Waals surface area contributed by atoms with Crippen LogP contribution in [0.25, 0.3) is 22.2 Å². The number of hydrogen-bond acceptors (Lipinski definition) is 7. The highest BCUT2D eigenvalue weighted by atomic mass is 16.5. The zero-order chi connectivity index (χ0) is 26.4. The zero-order valence-corrected chi connectivity index (χ0v) is 22.0. The highest BCUT2D eigenvalue weighted by Crippen LogP contribution is 2.40. The number of carbonyl (C=O) groups excluding carboxylic acids is 1. The Hall–Kier alpha value is -4.03. The molecule has 2 aromatic heterocycles. The summed E-state index contributed by atoms with van der Waals surface area (Å²) in [4.78, 5) is 27.3. The van der Waals surface area contributed by atoms with Gasteiger partial charge in [-0.1, -0.05) is 18.6 Å². The van der Waals surface area contributed by atoms with Crippen LogP contribution in [0.2, 0.25) is 0 Å². The summed E-state index contributed by atoms with van der Waals surface area (Å²) < 4.78 is 8.00.